The molecule has 0 saturated heterocycles. The number of ether oxygens (including phenoxy) is 1. The van der Waals surface area contributed by atoms with Crippen molar-refractivity contribution in [3.8, 4) is 5.75 Å². The van der Waals surface area contributed by atoms with Crippen molar-refractivity contribution in [2.45, 2.75) is 24.3 Å². The fourth-order valence-electron chi connectivity index (χ4n) is 2.97. The van der Waals surface area contributed by atoms with Gasteiger partial charge in [-0.05, 0) is 54.3 Å². The van der Waals surface area contributed by atoms with Crippen molar-refractivity contribution >= 4 is 29.8 Å². The van der Waals surface area contributed by atoms with Crippen LogP contribution in [0.1, 0.15) is 23.6 Å². The topological polar surface area (TPSA) is 79.8 Å². The van der Waals surface area contributed by atoms with Gasteiger partial charge in [0, 0.05) is 12.3 Å². The average Bonchev–Trinajstić information content (AvgIpc) is 2.88. The van der Waals surface area contributed by atoms with Gasteiger partial charge in [-0.15, -0.1) is 11.8 Å². The van der Waals surface area contributed by atoms with Crippen molar-refractivity contribution in [1.29, 1.82) is 0 Å². The predicted octanol–water partition coefficient (Wildman–Crippen LogP) is 4.20. The van der Waals surface area contributed by atoms with Crippen molar-refractivity contribution < 1.29 is 14.3 Å². The van der Waals surface area contributed by atoms with E-state index in [2.05, 4.69) is 15.8 Å². The predicted molar refractivity (Wildman–Crippen MR) is 138 cm³/mol. The Labute approximate surface area is 204 Å². The lowest BCUT2D eigenvalue weighted by molar-refractivity contribution is -0.123. The first kappa shape index (κ1) is 25.1. The van der Waals surface area contributed by atoms with Crippen LogP contribution in [0.2, 0.25) is 0 Å². The smallest absolute Gasteiger partial charge is 0.257 e. The standard InChI is InChI=1S/C27H29N3O3S/c1-21(34-20-24-10-6-3-7-11-24)27(32)30-29-18-23-12-14-25(15-13-23)33-19-26(31)28-17-16-22-8-4-2-5-9-22/h2-15,18,21H,16-17,19-20H2,1H3,(H,28,31)(H,30,32)/b29-18-/t21-/m1/s1. The molecular formula is C27H29N3O3S. The highest BCUT2D eigenvalue weighted by Crippen LogP contribution is 2.17. The summed E-state index contributed by atoms with van der Waals surface area (Å²) in [6.07, 6.45) is 2.36. The third-order valence-electron chi connectivity index (χ3n) is 4.93. The molecular weight excluding hydrogens is 446 g/mol. The minimum atomic E-state index is -0.216. The third-order valence-corrected chi connectivity index (χ3v) is 6.14. The summed E-state index contributed by atoms with van der Waals surface area (Å²) in [5, 5.41) is 6.67. The maximum atomic E-state index is 12.2. The van der Waals surface area contributed by atoms with Gasteiger partial charge in [-0.2, -0.15) is 5.10 Å². The molecule has 6 nitrogen and oxygen atoms in total. The average molecular weight is 476 g/mol. The van der Waals surface area contributed by atoms with Crippen LogP contribution in [0.15, 0.2) is 90.0 Å². The van der Waals surface area contributed by atoms with Gasteiger partial charge in [0.15, 0.2) is 6.61 Å². The molecule has 0 spiro atoms. The number of nitrogens with one attached hydrogen (secondary N) is 2. The first-order valence-electron chi connectivity index (χ1n) is 11.1. The van der Waals surface area contributed by atoms with E-state index in [1.807, 2.05) is 79.7 Å². The molecule has 0 aliphatic carbocycles. The van der Waals surface area contributed by atoms with Crippen LogP contribution < -0.4 is 15.5 Å². The number of hydrazone groups is 1. The molecule has 3 rings (SSSR count). The van der Waals surface area contributed by atoms with Gasteiger partial charge in [0.05, 0.1) is 11.5 Å². The highest BCUT2D eigenvalue weighted by atomic mass is 32.2. The second kappa shape index (κ2) is 13.9. The van der Waals surface area contributed by atoms with Crippen molar-refractivity contribution in [3.05, 3.63) is 102 Å². The molecule has 0 aliphatic heterocycles. The summed E-state index contributed by atoms with van der Waals surface area (Å²) >= 11 is 1.56. The number of rotatable bonds is 12. The van der Waals surface area contributed by atoms with Gasteiger partial charge in [0.2, 0.25) is 0 Å². The number of carbonyl (C=O) groups excluding carboxylic acids is 2. The molecule has 0 heterocycles. The molecule has 3 aromatic rings. The van der Waals surface area contributed by atoms with Gasteiger partial charge >= 0.3 is 0 Å². The summed E-state index contributed by atoms with van der Waals surface area (Å²) in [6.45, 7) is 2.38. The van der Waals surface area contributed by atoms with E-state index in [0.29, 0.717) is 12.3 Å². The lowest BCUT2D eigenvalue weighted by atomic mass is 10.1. The van der Waals surface area contributed by atoms with Crippen LogP contribution in [-0.2, 0) is 21.8 Å². The minimum Gasteiger partial charge on any atom is -0.484 e. The zero-order valence-corrected chi connectivity index (χ0v) is 20.0. The molecule has 0 unspecified atom stereocenters. The molecule has 7 heteroatoms. The Balaban J connectivity index is 1.33. The van der Waals surface area contributed by atoms with Crippen LogP contribution >= 0.6 is 11.8 Å². The molecule has 0 fully saturated rings. The van der Waals surface area contributed by atoms with Crippen molar-refractivity contribution in [1.82, 2.24) is 10.7 Å². The lowest BCUT2D eigenvalue weighted by Gasteiger charge is -2.09. The number of thioether (sulfide) groups is 1. The maximum absolute atomic E-state index is 12.2. The van der Waals surface area contributed by atoms with Crippen LogP contribution in [0.5, 0.6) is 5.75 Å². The summed E-state index contributed by atoms with van der Waals surface area (Å²) in [5.74, 6) is 1.05. The molecule has 0 bridgehead atoms. The van der Waals surface area contributed by atoms with E-state index in [1.165, 1.54) is 11.1 Å². The van der Waals surface area contributed by atoms with Crippen molar-refractivity contribution in [2.75, 3.05) is 13.2 Å². The summed E-state index contributed by atoms with van der Waals surface area (Å²) < 4.78 is 5.53. The SMILES string of the molecule is C[C@@H](SCc1ccccc1)C(=O)N/N=C\c1ccc(OCC(=O)NCCc2ccccc2)cc1. The van der Waals surface area contributed by atoms with Crippen LogP contribution in [0.4, 0.5) is 0 Å². The molecule has 3 aromatic carbocycles. The Morgan fingerprint density at radius 2 is 1.59 bits per heavy atom. The molecule has 0 aromatic heterocycles. The van der Waals surface area contributed by atoms with Crippen LogP contribution in [0.3, 0.4) is 0 Å². The fourth-order valence-corrected chi connectivity index (χ4v) is 3.81. The van der Waals surface area contributed by atoms with Gasteiger partial charge in [0.25, 0.3) is 11.8 Å². The van der Waals surface area contributed by atoms with Crippen LogP contribution in [0.25, 0.3) is 0 Å². The number of hydrogen-bond donors (Lipinski definition) is 2. The molecule has 2 N–H and O–H groups in total. The first-order valence-corrected chi connectivity index (χ1v) is 12.2. The fraction of sp³-hybridized carbons (Fsp3) is 0.222. The Kier molecular flexibility index (Phi) is 10.2. The van der Waals surface area contributed by atoms with Crippen molar-refractivity contribution in [3.63, 3.8) is 0 Å². The highest BCUT2D eigenvalue weighted by molar-refractivity contribution is 7.99. The summed E-state index contributed by atoms with van der Waals surface area (Å²) in [5.41, 5.74) is 5.75. The van der Waals surface area contributed by atoms with Gasteiger partial charge in [0.1, 0.15) is 5.75 Å². The van der Waals surface area contributed by atoms with E-state index in [1.54, 1.807) is 30.1 Å². The van der Waals surface area contributed by atoms with Gasteiger partial charge in [-0.1, -0.05) is 60.7 Å². The monoisotopic (exact) mass is 475 g/mol. The molecule has 2 amide bonds. The molecule has 176 valence electrons. The van der Waals surface area contributed by atoms with E-state index in [4.69, 9.17) is 4.74 Å². The Morgan fingerprint density at radius 1 is 0.941 bits per heavy atom. The van der Waals surface area contributed by atoms with E-state index in [0.717, 1.165) is 17.7 Å². The van der Waals surface area contributed by atoms with Gasteiger partial charge < -0.3 is 10.1 Å². The highest BCUT2D eigenvalue weighted by Gasteiger charge is 2.12. The molecule has 0 radical (unpaired) electrons. The Morgan fingerprint density at radius 3 is 2.26 bits per heavy atom. The quantitative estimate of drug-likeness (QED) is 0.304. The second-order valence-corrected chi connectivity index (χ2v) is 8.95. The number of nitrogens with zero attached hydrogens (tertiary/aromatic N) is 1. The zero-order chi connectivity index (χ0) is 24.0. The van der Waals surface area contributed by atoms with Gasteiger partial charge in [-0.3, -0.25) is 9.59 Å². The normalized spacial score (nSPS) is 11.7. The Hall–Kier alpha value is -3.58. The largest absolute Gasteiger partial charge is 0.484 e. The number of carbonyl (C=O) groups is 2. The van der Waals surface area contributed by atoms with Crippen molar-refractivity contribution in [2.24, 2.45) is 5.10 Å². The molecule has 1 atom stereocenters. The third kappa shape index (κ3) is 9.11. The van der Waals surface area contributed by atoms with Gasteiger partial charge in [-0.25, -0.2) is 5.43 Å². The van der Waals surface area contributed by atoms with Crippen LogP contribution in [0, 0.1) is 0 Å². The molecule has 0 saturated carbocycles. The summed E-state index contributed by atoms with van der Waals surface area (Å²) in [4.78, 5) is 24.2. The maximum Gasteiger partial charge on any atom is 0.257 e. The second-order valence-electron chi connectivity index (χ2n) is 7.62. The number of amides is 2. The van der Waals surface area contributed by atoms with E-state index in [-0.39, 0.29) is 23.7 Å². The molecule has 34 heavy (non-hydrogen) atoms. The van der Waals surface area contributed by atoms with E-state index in [9.17, 15) is 9.59 Å². The summed E-state index contributed by atoms with van der Waals surface area (Å²) in [6, 6.07) is 27.2. The van der Waals surface area contributed by atoms with E-state index < -0.39 is 0 Å². The number of benzene rings is 3. The first-order chi connectivity index (χ1) is 16.6. The lowest BCUT2D eigenvalue weighted by Crippen LogP contribution is -2.30. The van der Waals surface area contributed by atoms with Crippen LogP contribution in [-0.4, -0.2) is 36.4 Å². The minimum absolute atomic E-state index is 0.0448. The molecule has 0 aliphatic rings. The summed E-state index contributed by atoms with van der Waals surface area (Å²) in [7, 11) is 0. The van der Waals surface area contributed by atoms with E-state index >= 15 is 0 Å². The zero-order valence-electron chi connectivity index (χ0n) is 19.1. The Bertz CT molecular complexity index is 1060. The number of hydrogen-bond acceptors (Lipinski definition) is 5.